The van der Waals surface area contributed by atoms with Gasteiger partial charge in [-0.3, -0.25) is 0 Å². The third-order valence-corrected chi connectivity index (χ3v) is 5.57. The van der Waals surface area contributed by atoms with Gasteiger partial charge in [-0.05, 0) is 54.6 Å². The van der Waals surface area contributed by atoms with Crippen LogP contribution in [0.5, 0.6) is 0 Å². The molecule has 0 aliphatic heterocycles. The van der Waals surface area contributed by atoms with E-state index in [9.17, 15) is 8.60 Å². The highest BCUT2D eigenvalue weighted by molar-refractivity contribution is 7.85. The number of benzene rings is 3. The van der Waals surface area contributed by atoms with Gasteiger partial charge in [-0.15, -0.1) is 0 Å². The van der Waals surface area contributed by atoms with Gasteiger partial charge in [0.2, 0.25) is 0 Å². The topological polar surface area (TPSA) is 30.2 Å². The van der Waals surface area contributed by atoms with Crippen LogP contribution in [0.4, 0.5) is 4.39 Å². The molecule has 1 aromatic heterocycles. The van der Waals surface area contributed by atoms with Crippen molar-refractivity contribution < 1.29 is 13.0 Å². The number of halogens is 2. The zero-order valence-corrected chi connectivity index (χ0v) is 14.5. The highest BCUT2D eigenvalue weighted by Crippen LogP contribution is 2.39. The maximum Gasteiger partial charge on any atom is 0.151 e. The summed E-state index contributed by atoms with van der Waals surface area (Å²) in [5.74, 6) is 0.119. The van der Waals surface area contributed by atoms with Crippen LogP contribution in [0.2, 0.25) is 5.02 Å². The van der Waals surface area contributed by atoms with E-state index in [0.717, 1.165) is 0 Å². The van der Waals surface area contributed by atoms with Gasteiger partial charge in [0, 0.05) is 20.9 Å². The molecule has 0 saturated carbocycles. The van der Waals surface area contributed by atoms with Crippen molar-refractivity contribution in [3.8, 4) is 11.3 Å². The van der Waals surface area contributed by atoms with Gasteiger partial charge in [-0.1, -0.05) is 29.8 Å². The third kappa shape index (κ3) is 2.99. The lowest BCUT2D eigenvalue weighted by molar-refractivity contribution is 0.618. The standard InChI is InChI=1S/C20H12ClFO2S/c21-14-8-11-18-17(12-14)20(25(23)16-4-2-1-3-5-16)19(24-18)13-6-9-15(22)10-7-13/h1-12H. The van der Waals surface area contributed by atoms with Crippen molar-refractivity contribution in [2.75, 3.05) is 0 Å². The molecule has 3 aromatic carbocycles. The fourth-order valence-corrected chi connectivity index (χ4v) is 4.18. The average molecular weight is 371 g/mol. The monoisotopic (exact) mass is 370 g/mol. The molecular weight excluding hydrogens is 359 g/mol. The van der Waals surface area contributed by atoms with Gasteiger partial charge in [-0.2, -0.15) is 0 Å². The second kappa shape index (κ2) is 6.47. The maximum atomic E-state index is 13.3. The minimum atomic E-state index is -1.46. The molecule has 2 nitrogen and oxygen atoms in total. The lowest BCUT2D eigenvalue weighted by atomic mass is 10.1. The molecule has 0 aliphatic carbocycles. The van der Waals surface area contributed by atoms with E-state index < -0.39 is 10.8 Å². The minimum absolute atomic E-state index is 0.339. The van der Waals surface area contributed by atoms with Crippen molar-refractivity contribution in [3.63, 3.8) is 0 Å². The summed E-state index contributed by atoms with van der Waals surface area (Å²) in [6.07, 6.45) is 0. The Labute approximate surface area is 151 Å². The fourth-order valence-electron chi connectivity index (χ4n) is 2.68. The molecule has 0 fully saturated rings. The van der Waals surface area contributed by atoms with Crippen molar-refractivity contribution in [2.24, 2.45) is 0 Å². The summed E-state index contributed by atoms with van der Waals surface area (Å²) >= 11 is 6.13. The molecule has 0 radical (unpaired) electrons. The molecule has 1 heterocycles. The molecule has 25 heavy (non-hydrogen) atoms. The van der Waals surface area contributed by atoms with E-state index in [1.165, 1.54) is 12.1 Å². The molecule has 1 atom stereocenters. The quantitative estimate of drug-likeness (QED) is 0.439. The van der Waals surface area contributed by atoms with Crippen molar-refractivity contribution in [1.82, 2.24) is 0 Å². The molecule has 124 valence electrons. The lowest BCUT2D eigenvalue weighted by Gasteiger charge is -2.04. The molecule has 1 unspecified atom stereocenters. The van der Waals surface area contributed by atoms with Crippen LogP contribution in [0.3, 0.4) is 0 Å². The van der Waals surface area contributed by atoms with Gasteiger partial charge in [0.25, 0.3) is 0 Å². The molecule has 0 aliphatic rings. The average Bonchev–Trinajstić information content (AvgIpc) is 3.01. The minimum Gasteiger partial charge on any atom is -0.455 e. The van der Waals surface area contributed by atoms with Gasteiger partial charge in [0.05, 0.1) is 15.7 Å². The largest absolute Gasteiger partial charge is 0.455 e. The number of hydrogen-bond acceptors (Lipinski definition) is 2. The first kappa shape index (κ1) is 16.1. The lowest BCUT2D eigenvalue weighted by Crippen LogP contribution is -1.94. The predicted octanol–water partition coefficient (Wildman–Crippen LogP) is 6.06. The van der Waals surface area contributed by atoms with E-state index in [-0.39, 0.29) is 5.82 Å². The summed E-state index contributed by atoms with van der Waals surface area (Å²) in [4.78, 5) is 1.20. The summed E-state index contributed by atoms with van der Waals surface area (Å²) < 4.78 is 32.5. The second-order valence-corrected chi connectivity index (χ2v) is 7.34. The zero-order chi connectivity index (χ0) is 17.4. The maximum absolute atomic E-state index is 13.3. The van der Waals surface area contributed by atoms with E-state index in [1.807, 2.05) is 18.2 Å². The smallest absolute Gasteiger partial charge is 0.151 e. The van der Waals surface area contributed by atoms with E-state index in [4.69, 9.17) is 16.0 Å². The predicted molar refractivity (Wildman–Crippen MR) is 97.7 cm³/mol. The summed E-state index contributed by atoms with van der Waals surface area (Å²) in [6.45, 7) is 0. The number of rotatable bonds is 3. The van der Waals surface area contributed by atoms with Gasteiger partial charge in [0.1, 0.15) is 11.4 Å². The summed E-state index contributed by atoms with van der Waals surface area (Å²) in [7, 11) is -1.46. The molecule has 0 spiro atoms. The molecule has 5 heteroatoms. The summed E-state index contributed by atoms with van der Waals surface area (Å²) in [6, 6.07) is 20.3. The Kier molecular flexibility index (Phi) is 4.15. The molecular formula is C20H12ClFO2S. The van der Waals surface area contributed by atoms with Crippen LogP contribution in [-0.2, 0) is 10.8 Å². The molecule has 4 rings (SSSR count). The van der Waals surface area contributed by atoms with Crippen LogP contribution < -0.4 is 0 Å². The Hall–Kier alpha value is -2.43. The molecule has 0 amide bonds. The Bertz CT molecular complexity index is 1070. The van der Waals surface area contributed by atoms with Crippen LogP contribution in [-0.4, -0.2) is 4.21 Å². The Morgan fingerprint density at radius 2 is 1.64 bits per heavy atom. The van der Waals surface area contributed by atoms with Gasteiger partial charge in [-0.25, -0.2) is 8.60 Å². The van der Waals surface area contributed by atoms with E-state index in [2.05, 4.69) is 0 Å². The van der Waals surface area contributed by atoms with Crippen molar-refractivity contribution in [2.45, 2.75) is 9.79 Å². The molecule has 4 aromatic rings. The van der Waals surface area contributed by atoms with Gasteiger partial charge >= 0.3 is 0 Å². The van der Waals surface area contributed by atoms with E-state index in [0.29, 0.717) is 37.1 Å². The van der Waals surface area contributed by atoms with E-state index >= 15 is 0 Å². The first-order chi connectivity index (χ1) is 12.1. The summed E-state index contributed by atoms with van der Waals surface area (Å²) in [5.41, 5.74) is 1.25. The Morgan fingerprint density at radius 1 is 0.920 bits per heavy atom. The SMILES string of the molecule is O=S(c1ccccc1)c1c(-c2ccc(F)cc2)oc2ccc(Cl)cc12. The normalized spacial score (nSPS) is 12.4. The molecule has 0 N–H and O–H groups in total. The van der Waals surface area contributed by atoms with Crippen LogP contribution in [0.25, 0.3) is 22.3 Å². The number of fused-ring (bicyclic) bond motifs is 1. The van der Waals surface area contributed by atoms with Gasteiger partial charge < -0.3 is 4.42 Å². The van der Waals surface area contributed by atoms with E-state index in [1.54, 1.807) is 42.5 Å². The van der Waals surface area contributed by atoms with Crippen molar-refractivity contribution in [3.05, 3.63) is 83.6 Å². The Balaban J connectivity index is 1.99. The Morgan fingerprint density at radius 3 is 2.36 bits per heavy atom. The number of furan rings is 1. The van der Waals surface area contributed by atoms with Crippen molar-refractivity contribution in [1.29, 1.82) is 0 Å². The van der Waals surface area contributed by atoms with Crippen LogP contribution in [0.15, 0.2) is 87.0 Å². The van der Waals surface area contributed by atoms with Crippen LogP contribution in [0, 0.1) is 5.82 Å². The highest BCUT2D eigenvalue weighted by atomic mass is 35.5. The van der Waals surface area contributed by atoms with Crippen LogP contribution >= 0.6 is 11.6 Å². The third-order valence-electron chi connectivity index (χ3n) is 3.85. The number of hydrogen-bond donors (Lipinski definition) is 0. The first-order valence-electron chi connectivity index (χ1n) is 7.58. The molecule has 0 bridgehead atoms. The molecule has 0 saturated heterocycles. The second-order valence-electron chi connectivity index (χ2n) is 5.49. The van der Waals surface area contributed by atoms with Gasteiger partial charge in [0.15, 0.2) is 5.76 Å². The first-order valence-corrected chi connectivity index (χ1v) is 9.11. The zero-order valence-electron chi connectivity index (χ0n) is 12.9. The van der Waals surface area contributed by atoms with Crippen molar-refractivity contribution >= 4 is 33.4 Å². The highest BCUT2D eigenvalue weighted by Gasteiger charge is 2.22. The summed E-state index contributed by atoms with van der Waals surface area (Å²) in [5, 5.41) is 1.22. The fraction of sp³-hybridized carbons (Fsp3) is 0. The van der Waals surface area contributed by atoms with Crippen LogP contribution in [0.1, 0.15) is 0 Å².